The van der Waals surface area contributed by atoms with Gasteiger partial charge in [0.15, 0.2) is 0 Å². The van der Waals surface area contributed by atoms with Gasteiger partial charge in [-0.25, -0.2) is 4.98 Å². The van der Waals surface area contributed by atoms with Gasteiger partial charge in [-0.1, -0.05) is 45.9 Å². The maximum absolute atomic E-state index is 12.8. The zero-order chi connectivity index (χ0) is 18.7. The molecule has 0 aliphatic carbocycles. The Morgan fingerprint density at radius 1 is 1.23 bits per heavy atom. The van der Waals surface area contributed by atoms with Crippen LogP contribution in [0.2, 0.25) is 0 Å². The molecular formula is C22H29N3O. The quantitative estimate of drug-likeness (QED) is 0.847. The van der Waals surface area contributed by atoms with Crippen LogP contribution in [0.15, 0.2) is 42.6 Å². The number of nitrogens with one attached hydrogen (secondary N) is 1. The number of amides is 1. The lowest BCUT2D eigenvalue weighted by molar-refractivity contribution is 0.0683. The monoisotopic (exact) mass is 351 g/mol. The Labute approximate surface area is 156 Å². The summed E-state index contributed by atoms with van der Waals surface area (Å²) in [6.07, 6.45) is 4.00. The average Bonchev–Trinajstić information content (AvgIpc) is 2.61. The van der Waals surface area contributed by atoms with Crippen LogP contribution < -0.4 is 5.32 Å². The molecule has 1 aliphatic rings. The van der Waals surface area contributed by atoms with E-state index in [1.165, 1.54) is 12.0 Å². The Bertz CT molecular complexity index is 779. The van der Waals surface area contributed by atoms with Crippen LogP contribution >= 0.6 is 0 Å². The number of benzene rings is 1. The Balaban J connectivity index is 1.81. The molecule has 1 N–H and O–H groups in total. The molecule has 1 saturated heterocycles. The van der Waals surface area contributed by atoms with Crippen molar-refractivity contribution < 1.29 is 4.79 Å². The molecular weight excluding hydrogens is 322 g/mol. The lowest BCUT2D eigenvalue weighted by Gasteiger charge is -2.31. The number of rotatable bonds is 3. The number of nitrogens with zero attached hydrogens (tertiary/aromatic N) is 2. The number of hydrogen-bond acceptors (Lipinski definition) is 3. The van der Waals surface area contributed by atoms with Crippen LogP contribution in [0.4, 0.5) is 11.5 Å². The van der Waals surface area contributed by atoms with Crippen LogP contribution in [-0.4, -0.2) is 28.9 Å². The highest BCUT2D eigenvalue weighted by atomic mass is 16.2. The summed E-state index contributed by atoms with van der Waals surface area (Å²) in [5.74, 6) is 1.38. The number of carbonyl (C=O) groups excluding carboxylic acids is 1. The third-order valence-corrected chi connectivity index (χ3v) is 4.95. The second kappa shape index (κ2) is 7.48. The molecule has 1 aliphatic heterocycles. The zero-order valence-electron chi connectivity index (χ0n) is 16.2. The number of hydrogen-bond donors (Lipinski definition) is 1. The summed E-state index contributed by atoms with van der Waals surface area (Å²) in [5.41, 5.74) is 2.98. The topological polar surface area (TPSA) is 45.2 Å². The molecule has 0 spiro atoms. The summed E-state index contributed by atoms with van der Waals surface area (Å²) < 4.78 is 0. The molecule has 1 amide bonds. The number of para-hydroxylation sites is 1. The van der Waals surface area contributed by atoms with Gasteiger partial charge in [-0.3, -0.25) is 4.79 Å². The smallest absolute Gasteiger partial charge is 0.254 e. The maximum atomic E-state index is 12.8. The lowest BCUT2D eigenvalue weighted by atomic mass is 9.86. The van der Waals surface area contributed by atoms with Crippen LogP contribution in [-0.2, 0) is 5.41 Å². The van der Waals surface area contributed by atoms with Crippen molar-refractivity contribution in [3.05, 3.63) is 53.7 Å². The van der Waals surface area contributed by atoms with Crippen molar-refractivity contribution in [2.24, 2.45) is 5.92 Å². The van der Waals surface area contributed by atoms with E-state index in [9.17, 15) is 4.79 Å². The molecule has 26 heavy (non-hydrogen) atoms. The van der Waals surface area contributed by atoms with E-state index in [0.717, 1.165) is 25.2 Å². The molecule has 1 atom stereocenters. The molecule has 2 aromatic rings. The van der Waals surface area contributed by atoms with E-state index in [4.69, 9.17) is 0 Å². The van der Waals surface area contributed by atoms with Gasteiger partial charge < -0.3 is 10.2 Å². The molecule has 2 heterocycles. The number of pyridine rings is 1. The first-order valence-electron chi connectivity index (χ1n) is 9.46. The minimum atomic E-state index is 0.0287. The molecule has 1 aromatic carbocycles. The molecule has 138 valence electrons. The van der Waals surface area contributed by atoms with Crippen molar-refractivity contribution in [3.8, 4) is 0 Å². The predicted octanol–water partition coefficient (Wildman–Crippen LogP) is 4.99. The van der Waals surface area contributed by atoms with Gasteiger partial charge in [0.25, 0.3) is 5.91 Å². The van der Waals surface area contributed by atoms with Crippen molar-refractivity contribution in [1.29, 1.82) is 0 Å². The van der Waals surface area contributed by atoms with Crippen LogP contribution in [0, 0.1) is 5.92 Å². The van der Waals surface area contributed by atoms with E-state index < -0.39 is 0 Å². The Hall–Kier alpha value is -2.36. The van der Waals surface area contributed by atoms with Crippen molar-refractivity contribution in [1.82, 2.24) is 9.88 Å². The van der Waals surface area contributed by atoms with E-state index in [2.05, 4.69) is 56.2 Å². The fourth-order valence-corrected chi connectivity index (χ4v) is 3.57. The Morgan fingerprint density at radius 3 is 2.73 bits per heavy atom. The van der Waals surface area contributed by atoms with Gasteiger partial charge in [-0.05, 0) is 47.9 Å². The van der Waals surface area contributed by atoms with E-state index in [-0.39, 0.29) is 11.3 Å². The van der Waals surface area contributed by atoms with Gasteiger partial charge in [-0.2, -0.15) is 0 Å². The summed E-state index contributed by atoms with van der Waals surface area (Å²) in [6.45, 7) is 10.5. The fourth-order valence-electron chi connectivity index (χ4n) is 3.57. The van der Waals surface area contributed by atoms with Gasteiger partial charge in [0.1, 0.15) is 5.82 Å². The van der Waals surface area contributed by atoms with Gasteiger partial charge in [0.05, 0.1) is 0 Å². The van der Waals surface area contributed by atoms with Gasteiger partial charge in [0, 0.05) is 30.5 Å². The van der Waals surface area contributed by atoms with E-state index in [1.54, 1.807) is 6.20 Å². The number of anilines is 2. The number of piperidine rings is 1. The SMILES string of the molecule is CC1CCCN(C(=O)c2ccnc(Nc3ccccc3C(C)(C)C)c2)C1. The number of carbonyl (C=O) groups is 1. The molecule has 0 saturated carbocycles. The average molecular weight is 351 g/mol. The van der Waals surface area contributed by atoms with Crippen LogP contribution in [0.5, 0.6) is 0 Å². The van der Waals surface area contributed by atoms with Crippen molar-refractivity contribution >= 4 is 17.4 Å². The summed E-state index contributed by atoms with van der Waals surface area (Å²) >= 11 is 0. The molecule has 4 heteroatoms. The third-order valence-electron chi connectivity index (χ3n) is 4.95. The van der Waals surface area contributed by atoms with Gasteiger partial charge in [0.2, 0.25) is 0 Å². The molecule has 1 fully saturated rings. The van der Waals surface area contributed by atoms with Gasteiger partial charge in [-0.15, -0.1) is 0 Å². The molecule has 1 unspecified atom stereocenters. The number of aromatic nitrogens is 1. The maximum Gasteiger partial charge on any atom is 0.254 e. The first-order valence-corrected chi connectivity index (χ1v) is 9.46. The molecule has 3 rings (SSSR count). The highest BCUT2D eigenvalue weighted by Crippen LogP contribution is 2.31. The predicted molar refractivity (Wildman–Crippen MR) is 107 cm³/mol. The Kier molecular flexibility index (Phi) is 5.30. The van der Waals surface area contributed by atoms with Crippen LogP contribution in [0.3, 0.4) is 0 Å². The second-order valence-electron chi connectivity index (χ2n) is 8.35. The highest BCUT2D eigenvalue weighted by molar-refractivity contribution is 5.95. The normalized spacial score (nSPS) is 17.8. The van der Waals surface area contributed by atoms with Crippen molar-refractivity contribution in [2.75, 3.05) is 18.4 Å². The molecule has 1 aromatic heterocycles. The van der Waals surface area contributed by atoms with Crippen LogP contribution in [0.1, 0.15) is 56.5 Å². The minimum Gasteiger partial charge on any atom is -0.340 e. The summed E-state index contributed by atoms with van der Waals surface area (Å²) in [7, 11) is 0. The highest BCUT2D eigenvalue weighted by Gasteiger charge is 2.22. The van der Waals surface area contributed by atoms with Crippen LogP contribution in [0.25, 0.3) is 0 Å². The second-order valence-corrected chi connectivity index (χ2v) is 8.35. The first-order chi connectivity index (χ1) is 12.3. The molecule has 0 radical (unpaired) electrons. The van der Waals surface area contributed by atoms with E-state index in [0.29, 0.717) is 17.3 Å². The third kappa shape index (κ3) is 4.24. The van der Waals surface area contributed by atoms with Gasteiger partial charge >= 0.3 is 0 Å². The fraction of sp³-hybridized carbons (Fsp3) is 0.455. The van der Waals surface area contributed by atoms with E-state index in [1.807, 2.05) is 23.1 Å². The standard InChI is InChI=1S/C22H29N3O/c1-16-8-7-13-25(15-16)21(26)17-11-12-23-20(14-17)24-19-10-6-5-9-18(19)22(2,3)4/h5-6,9-12,14,16H,7-8,13,15H2,1-4H3,(H,23,24). The number of likely N-dealkylation sites (tertiary alicyclic amines) is 1. The summed E-state index contributed by atoms with van der Waals surface area (Å²) in [4.78, 5) is 19.2. The molecule has 4 nitrogen and oxygen atoms in total. The Morgan fingerprint density at radius 2 is 2.00 bits per heavy atom. The lowest BCUT2D eigenvalue weighted by Crippen LogP contribution is -2.39. The van der Waals surface area contributed by atoms with Crippen molar-refractivity contribution in [2.45, 2.75) is 46.0 Å². The molecule has 0 bridgehead atoms. The largest absolute Gasteiger partial charge is 0.340 e. The minimum absolute atomic E-state index is 0.0287. The summed E-state index contributed by atoms with van der Waals surface area (Å²) in [5, 5.41) is 3.40. The zero-order valence-corrected chi connectivity index (χ0v) is 16.2. The van der Waals surface area contributed by atoms with Crippen molar-refractivity contribution in [3.63, 3.8) is 0 Å². The van der Waals surface area contributed by atoms with E-state index >= 15 is 0 Å². The first kappa shape index (κ1) is 18.4. The summed E-state index contributed by atoms with van der Waals surface area (Å²) in [6, 6.07) is 11.9.